The highest BCUT2D eigenvalue weighted by atomic mass is 16.5. The molecule has 2 saturated heterocycles. The lowest BCUT2D eigenvalue weighted by atomic mass is 10.2. The number of aromatic nitrogens is 2. The van der Waals surface area contributed by atoms with E-state index in [0.29, 0.717) is 0 Å². The van der Waals surface area contributed by atoms with Crippen LogP contribution in [0.3, 0.4) is 0 Å². The van der Waals surface area contributed by atoms with Gasteiger partial charge in [-0.05, 0) is 19.8 Å². The van der Waals surface area contributed by atoms with Gasteiger partial charge in [0.1, 0.15) is 18.1 Å². The van der Waals surface area contributed by atoms with Gasteiger partial charge in [0, 0.05) is 31.3 Å². The lowest BCUT2D eigenvalue weighted by molar-refractivity contribution is -0.0459. The first-order valence-corrected chi connectivity index (χ1v) is 7.39. The largest absolute Gasteiger partial charge is 0.394 e. The molecule has 0 saturated carbocycles. The van der Waals surface area contributed by atoms with Crippen molar-refractivity contribution in [3.8, 4) is 0 Å². The second-order valence-corrected chi connectivity index (χ2v) is 5.75. The van der Waals surface area contributed by atoms with Gasteiger partial charge in [-0.3, -0.25) is 4.57 Å². The average Bonchev–Trinajstić information content (AvgIpc) is 3.10. The van der Waals surface area contributed by atoms with Crippen LogP contribution in [-0.2, 0) is 4.74 Å². The summed E-state index contributed by atoms with van der Waals surface area (Å²) in [5.41, 5.74) is 0.542. The van der Waals surface area contributed by atoms with Gasteiger partial charge in [-0.2, -0.15) is 4.98 Å². The maximum absolute atomic E-state index is 12.2. The van der Waals surface area contributed by atoms with E-state index in [0.717, 1.165) is 37.3 Å². The number of aliphatic hydroxyl groups is 2. The summed E-state index contributed by atoms with van der Waals surface area (Å²) in [6.45, 7) is 3.53. The highest BCUT2D eigenvalue weighted by Gasteiger charge is 2.35. The molecule has 2 fully saturated rings. The van der Waals surface area contributed by atoms with Crippen LogP contribution in [0.15, 0.2) is 11.0 Å². The highest BCUT2D eigenvalue weighted by molar-refractivity contribution is 5.45. The van der Waals surface area contributed by atoms with Gasteiger partial charge in [-0.1, -0.05) is 0 Å². The Balaban J connectivity index is 1.87. The standard InChI is InChI=1S/C14H21N3O4/c1-9-7-17(12-6-10(19)11(8-18)21-12)14(20)15-13(9)16-4-2-3-5-16/h7,10-12,18-19H,2-6,8H2,1H3/t10-,11-,12-/m1/s1. The van der Waals surface area contributed by atoms with E-state index in [-0.39, 0.29) is 18.7 Å². The highest BCUT2D eigenvalue weighted by Crippen LogP contribution is 2.28. The number of aryl methyl sites for hydroxylation is 1. The summed E-state index contributed by atoms with van der Waals surface area (Å²) < 4.78 is 6.93. The van der Waals surface area contributed by atoms with Crippen LogP contribution in [-0.4, -0.2) is 51.7 Å². The lowest BCUT2D eigenvalue weighted by Crippen LogP contribution is -2.31. The van der Waals surface area contributed by atoms with Gasteiger partial charge in [0.05, 0.1) is 12.7 Å². The molecule has 1 aromatic rings. The zero-order valence-electron chi connectivity index (χ0n) is 12.1. The fraction of sp³-hybridized carbons (Fsp3) is 0.714. The summed E-state index contributed by atoms with van der Waals surface area (Å²) in [5.74, 6) is 0.742. The van der Waals surface area contributed by atoms with Crippen LogP contribution in [0, 0.1) is 6.92 Å². The zero-order valence-corrected chi connectivity index (χ0v) is 12.1. The summed E-state index contributed by atoms with van der Waals surface area (Å²) >= 11 is 0. The first-order valence-electron chi connectivity index (χ1n) is 7.39. The third-order valence-corrected chi connectivity index (χ3v) is 4.21. The predicted molar refractivity (Wildman–Crippen MR) is 76.3 cm³/mol. The Kier molecular flexibility index (Phi) is 3.97. The first-order chi connectivity index (χ1) is 10.1. The molecule has 2 N–H and O–H groups in total. The fourth-order valence-corrected chi connectivity index (χ4v) is 3.06. The van der Waals surface area contributed by atoms with Gasteiger partial charge in [-0.25, -0.2) is 4.79 Å². The van der Waals surface area contributed by atoms with Gasteiger partial charge in [0.2, 0.25) is 0 Å². The molecule has 2 aliphatic rings. The van der Waals surface area contributed by atoms with Gasteiger partial charge < -0.3 is 19.8 Å². The second-order valence-electron chi connectivity index (χ2n) is 5.75. The Labute approximate surface area is 122 Å². The number of hydrogen-bond acceptors (Lipinski definition) is 6. The Hall–Kier alpha value is -1.44. The second kappa shape index (κ2) is 5.75. The minimum Gasteiger partial charge on any atom is -0.394 e. The summed E-state index contributed by atoms with van der Waals surface area (Å²) in [5, 5.41) is 18.9. The number of nitrogens with zero attached hydrogens (tertiary/aromatic N) is 3. The van der Waals surface area contributed by atoms with Crippen LogP contribution < -0.4 is 10.6 Å². The van der Waals surface area contributed by atoms with E-state index in [1.807, 2.05) is 6.92 Å². The van der Waals surface area contributed by atoms with Gasteiger partial charge >= 0.3 is 5.69 Å². The minimum absolute atomic E-state index is 0.259. The molecule has 3 rings (SSSR count). The normalized spacial score (nSPS) is 29.3. The summed E-state index contributed by atoms with van der Waals surface area (Å²) in [6, 6.07) is 0. The van der Waals surface area contributed by atoms with Crippen molar-refractivity contribution in [1.29, 1.82) is 0 Å². The monoisotopic (exact) mass is 295 g/mol. The fourth-order valence-electron chi connectivity index (χ4n) is 3.06. The van der Waals surface area contributed by atoms with Crippen LogP contribution >= 0.6 is 0 Å². The van der Waals surface area contributed by atoms with Crippen molar-refractivity contribution in [1.82, 2.24) is 9.55 Å². The van der Waals surface area contributed by atoms with Gasteiger partial charge in [0.25, 0.3) is 0 Å². The first kappa shape index (κ1) is 14.5. The van der Waals surface area contributed by atoms with E-state index in [4.69, 9.17) is 9.84 Å². The third-order valence-electron chi connectivity index (χ3n) is 4.21. The van der Waals surface area contributed by atoms with Crippen molar-refractivity contribution in [2.24, 2.45) is 0 Å². The SMILES string of the molecule is Cc1cn([C@H]2C[C@@H](O)[C@@H](CO)O2)c(=O)nc1N1CCCC1. The van der Waals surface area contributed by atoms with Crippen LogP contribution in [0.4, 0.5) is 5.82 Å². The van der Waals surface area contributed by atoms with Crippen LogP contribution in [0.1, 0.15) is 31.1 Å². The number of hydrogen-bond donors (Lipinski definition) is 2. The number of rotatable bonds is 3. The average molecular weight is 295 g/mol. The van der Waals surface area contributed by atoms with E-state index in [9.17, 15) is 9.90 Å². The molecule has 0 spiro atoms. The molecule has 0 radical (unpaired) electrons. The Bertz CT molecular complexity index is 568. The zero-order chi connectivity index (χ0) is 15.0. The van der Waals surface area contributed by atoms with Crippen molar-refractivity contribution in [2.75, 3.05) is 24.6 Å². The molecule has 7 nitrogen and oxygen atoms in total. The summed E-state index contributed by atoms with van der Waals surface area (Å²) in [7, 11) is 0. The van der Waals surface area contributed by atoms with E-state index >= 15 is 0 Å². The van der Waals surface area contributed by atoms with Crippen LogP contribution in [0.25, 0.3) is 0 Å². The van der Waals surface area contributed by atoms with Gasteiger partial charge in [-0.15, -0.1) is 0 Å². The molecule has 116 valence electrons. The molecule has 0 aliphatic carbocycles. The molecule has 0 unspecified atom stereocenters. The van der Waals surface area contributed by atoms with Crippen molar-refractivity contribution < 1.29 is 14.9 Å². The Morgan fingerprint density at radius 1 is 1.43 bits per heavy atom. The number of ether oxygens (including phenoxy) is 1. The van der Waals surface area contributed by atoms with Crippen molar-refractivity contribution in [3.05, 3.63) is 22.2 Å². The molecular weight excluding hydrogens is 274 g/mol. The molecular formula is C14H21N3O4. The van der Waals surface area contributed by atoms with Crippen molar-refractivity contribution in [3.63, 3.8) is 0 Å². The molecule has 21 heavy (non-hydrogen) atoms. The molecule has 7 heteroatoms. The summed E-state index contributed by atoms with van der Waals surface area (Å²) in [4.78, 5) is 18.5. The van der Waals surface area contributed by atoms with E-state index in [1.165, 1.54) is 4.57 Å². The topological polar surface area (TPSA) is 87.8 Å². The Morgan fingerprint density at radius 3 is 2.76 bits per heavy atom. The van der Waals surface area contributed by atoms with E-state index < -0.39 is 18.4 Å². The molecule has 0 amide bonds. The maximum Gasteiger partial charge on any atom is 0.351 e. The number of anilines is 1. The molecule has 0 bridgehead atoms. The Morgan fingerprint density at radius 2 is 2.14 bits per heavy atom. The smallest absolute Gasteiger partial charge is 0.351 e. The van der Waals surface area contributed by atoms with Crippen LogP contribution in [0.2, 0.25) is 0 Å². The third kappa shape index (κ3) is 2.68. The molecule has 3 heterocycles. The van der Waals surface area contributed by atoms with E-state index in [1.54, 1.807) is 6.20 Å². The predicted octanol–water partition coefficient (Wildman–Crippen LogP) is -0.207. The molecule has 2 aliphatic heterocycles. The summed E-state index contributed by atoms with van der Waals surface area (Å²) in [6.07, 6.45) is 2.31. The van der Waals surface area contributed by atoms with Crippen LogP contribution in [0.5, 0.6) is 0 Å². The van der Waals surface area contributed by atoms with E-state index in [2.05, 4.69) is 9.88 Å². The quantitative estimate of drug-likeness (QED) is 0.802. The minimum atomic E-state index is -0.759. The maximum atomic E-state index is 12.2. The molecule has 0 aromatic carbocycles. The lowest BCUT2D eigenvalue weighted by Gasteiger charge is -2.21. The van der Waals surface area contributed by atoms with Crippen molar-refractivity contribution in [2.45, 2.75) is 44.6 Å². The van der Waals surface area contributed by atoms with Crippen molar-refractivity contribution >= 4 is 5.82 Å². The van der Waals surface area contributed by atoms with Gasteiger partial charge in [0.15, 0.2) is 0 Å². The molecule has 1 aromatic heterocycles. The number of aliphatic hydroxyl groups excluding tert-OH is 2. The molecule has 3 atom stereocenters.